The van der Waals surface area contributed by atoms with Gasteiger partial charge in [0, 0.05) is 12.1 Å². The molecule has 1 atom stereocenters. The second-order valence-electron chi connectivity index (χ2n) is 5.72. The molecule has 0 aromatic carbocycles. The van der Waals surface area contributed by atoms with Crippen molar-refractivity contribution in [1.82, 2.24) is 4.90 Å². The van der Waals surface area contributed by atoms with Gasteiger partial charge in [-0.3, -0.25) is 4.90 Å². The van der Waals surface area contributed by atoms with Crippen molar-refractivity contribution in [3.63, 3.8) is 0 Å². The van der Waals surface area contributed by atoms with Gasteiger partial charge in [0.05, 0.1) is 0 Å². The maximum absolute atomic E-state index is 6.12. The lowest BCUT2D eigenvalue weighted by molar-refractivity contribution is 0.0424. The van der Waals surface area contributed by atoms with Crippen LogP contribution < -0.4 is 5.73 Å². The van der Waals surface area contributed by atoms with E-state index in [0.717, 1.165) is 12.5 Å². The molecule has 102 valence electrons. The Balaban J connectivity index is 2.58. The summed E-state index contributed by atoms with van der Waals surface area (Å²) in [5, 5.41) is 0. The van der Waals surface area contributed by atoms with Crippen LogP contribution >= 0.6 is 0 Å². The molecule has 0 aromatic rings. The summed E-state index contributed by atoms with van der Waals surface area (Å²) >= 11 is 0. The lowest BCUT2D eigenvalue weighted by Gasteiger charge is -2.46. The average Bonchev–Trinajstić information content (AvgIpc) is 2.41. The summed E-state index contributed by atoms with van der Waals surface area (Å²) in [6, 6.07) is 0. The van der Waals surface area contributed by atoms with Gasteiger partial charge in [-0.15, -0.1) is 0 Å². The molecule has 2 N–H and O–H groups in total. The van der Waals surface area contributed by atoms with E-state index in [4.69, 9.17) is 5.73 Å². The second-order valence-corrected chi connectivity index (χ2v) is 5.72. The van der Waals surface area contributed by atoms with Crippen LogP contribution in [-0.2, 0) is 0 Å². The van der Waals surface area contributed by atoms with Gasteiger partial charge in [0.25, 0.3) is 0 Å². The van der Waals surface area contributed by atoms with Gasteiger partial charge in [-0.05, 0) is 44.7 Å². The van der Waals surface area contributed by atoms with Gasteiger partial charge in [0.15, 0.2) is 0 Å². The maximum Gasteiger partial charge on any atom is 0.0329 e. The van der Waals surface area contributed by atoms with Crippen molar-refractivity contribution in [3.05, 3.63) is 0 Å². The monoisotopic (exact) mass is 240 g/mol. The molecule has 0 radical (unpaired) electrons. The van der Waals surface area contributed by atoms with Crippen LogP contribution in [0.2, 0.25) is 0 Å². The zero-order chi connectivity index (χ0) is 12.7. The van der Waals surface area contributed by atoms with E-state index >= 15 is 0 Å². The second kappa shape index (κ2) is 7.38. The molecule has 0 spiro atoms. The molecule has 0 saturated carbocycles. The van der Waals surface area contributed by atoms with E-state index in [1.54, 1.807) is 0 Å². The molecule has 0 aliphatic carbocycles. The van der Waals surface area contributed by atoms with Crippen LogP contribution in [0.5, 0.6) is 0 Å². The molecule has 1 aliphatic heterocycles. The molecular formula is C15H32N2. The fourth-order valence-corrected chi connectivity index (χ4v) is 3.26. The number of hydrogen-bond donors (Lipinski definition) is 1. The molecule has 0 aromatic heterocycles. The van der Waals surface area contributed by atoms with E-state index in [0.29, 0.717) is 5.54 Å². The molecule has 1 heterocycles. The van der Waals surface area contributed by atoms with Gasteiger partial charge in [-0.25, -0.2) is 0 Å². The van der Waals surface area contributed by atoms with E-state index in [1.165, 1.54) is 58.0 Å². The topological polar surface area (TPSA) is 29.3 Å². The molecular weight excluding hydrogens is 208 g/mol. The van der Waals surface area contributed by atoms with Crippen LogP contribution in [0, 0.1) is 5.92 Å². The molecule has 0 bridgehead atoms. The van der Waals surface area contributed by atoms with Crippen molar-refractivity contribution in [1.29, 1.82) is 0 Å². The van der Waals surface area contributed by atoms with Gasteiger partial charge in [-0.2, -0.15) is 0 Å². The smallest absolute Gasteiger partial charge is 0.0329 e. The van der Waals surface area contributed by atoms with Crippen LogP contribution in [0.25, 0.3) is 0 Å². The predicted molar refractivity (Wildman–Crippen MR) is 76.2 cm³/mol. The first-order valence-electron chi connectivity index (χ1n) is 7.67. The Bertz CT molecular complexity index is 191. The van der Waals surface area contributed by atoms with Gasteiger partial charge in [0.2, 0.25) is 0 Å². The molecule has 1 aliphatic rings. The summed E-state index contributed by atoms with van der Waals surface area (Å²) in [5.41, 5.74) is 6.42. The molecule has 1 fully saturated rings. The van der Waals surface area contributed by atoms with Crippen LogP contribution in [-0.4, -0.2) is 30.1 Å². The Kier molecular flexibility index (Phi) is 6.50. The van der Waals surface area contributed by atoms with Crippen molar-refractivity contribution in [2.75, 3.05) is 19.6 Å². The number of rotatable bonds is 7. The van der Waals surface area contributed by atoms with Gasteiger partial charge in [-0.1, -0.05) is 40.0 Å². The largest absolute Gasteiger partial charge is 0.329 e. The Labute approximate surface area is 108 Å². The number of nitrogens with two attached hydrogens (primary N) is 1. The first-order chi connectivity index (χ1) is 8.22. The Hall–Kier alpha value is -0.0800. The highest BCUT2D eigenvalue weighted by Crippen LogP contribution is 2.31. The normalized spacial score (nSPS) is 22.6. The highest BCUT2D eigenvalue weighted by molar-refractivity contribution is 4.92. The standard InChI is InChI=1S/C15H32N2/c1-4-7-10-15(6-3,13-16)17-11-8-14(5-2)9-12-17/h14H,4-13,16H2,1-3H3. The number of nitrogens with zero attached hydrogens (tertiary/aromatic N) is 1. The Morgan fingerprint density at radius 3 is 2.24 bits per heavy atom. The van der Waals surface area contributed by atoms with Crippen molar-refractivity contribution in [2.24, 2.45) is 11.7 Å². The molecule has 1 rings (SSSR count). The first kappa shape index (κ1) is 15.0. The van der Waals surface area contributed by atoms with Gasteiger partial charge in [0.1, 0.15) is 0 Å². The SMILES string of the molecule is CCCCC(CC)(CN)N1CCC(CC)CC1. The number of hydrogen-bond acceptors (Lipinski definition) is 2. The minimum absolute atomic E-state index is 0.300. The van der Waals surface area contributed by atoms with Crippen molar-refractivity contribution in [2.45, 2.75) is 71.3 Å². The van der Waals surface area contributed by atoms with Crippen LogP contribution in [0.4, 0.5) is 0 Å². The van der Waals surface area contributed by atoms with Crippen LogP contribution in [0.3, 0.4) is 0 Å². The van der Waals surface area contributed by atoms with Gasteiger partial charge >= 0.3 is 0 Å². The molecule has 1 saturated heterocycles. The third-order valence-electron chi connectivity index (χ3n) is 4.90. The molecule has 2 heteroatoms. The summed E-state index contributed by atoms with van der Waals surface area (Å²) < 4.78 is 0. The number of likely N-dealkylation sites (tertiary alicyclic amines) is 1. The Morgan fingerprint density at radius 2 is 1.82 bits per heavy atom. The zero-order valence-corrected chi connectivity index (χ0v) is 12.2. The van der Waals surface area contributed by atoms with E-state index in [-0.39, 0.29) is 0 Å². The average molecular weight is 240 g/mol. The van der Waals surface area contributed by atoms with E-state index in [2.05, 4.69) is 25.7 Å². The summed E-state index contributed by atoms with van der Waals surface area (Å²) in [7, 11) is 0. The van der Waals surface area contributed by atoms with Gasteiger partial charge < -0.3 is 5.73 Å². The maximum atomic E-state index is 6.12. The summed E-state index contributed by atoms with van der Waals surface area (Å²) in [6.07, 6.45) is 9.21. The van der Waals surface area contributed by atoms with Crippen LogP contribution in [0.15, 0.2) is 0 Å². The third-order valence-corrected chi connectivity index (χ3v) is 4.90. The van der Waals surface area contributed by atoms with Crippen molar-refractivity contribution >= 4 is 0 Å². The summed E-state index contributed by atoms with van der Waals surface area (Å²) in [6.45, 7) is 10.3. The zero-order valence-electron chi connectivity index (χ0n) is 12.2. The van der Waals surface area contributed by atoms with E-state index in [1.807, 2.05) is 0 Å². The minimum Gasteiger partial charge on any atom is -0.329 e. The third kappa shape index (κ3) is 3.69. The van der Waals surface area contributed by atoms with E-state index < -0.39 is 0 Å². The summed E-state index contributed by atoms with van der Waals surface area (Å²) in [5.74, 6) is 0.963. The van der Waals surface area contributed by atoms with E-state index in [9.17, 15) is 0 Å². The first-order valence-corrected chi connectivity index (χ1v) is 7.67. The highest BCUT2D eigenvalue weighted by atomic mass is 15.2. The fraction of sp³-hybridized carbons (Fsp3) is 1.00. The lowest BCUT2D eigenvalue weighted by atomic mass is 9.84. The van der Waals surface area contributed by atoms with Crippen molar-refractivity contribution in [3.8, 4) is 0 Å². The fourth-order valence-electron chi connectivity index (χ4n) is 3.26. The molecule has 2 nitrogen and oxygen atoms in total. The van der Waals surface area contributed by atoms with Crippen molar-refractivity contribution < 1.29 is 0 Å². The quantitative estimate of drug-likeness (QED) is 0.739. The molecule has 17 heavy (non-hydrogen) atoms. The molecule has 0 amide bonds. The minimum atomic E-state index is 0.300. The van der Waals surface area contributed by atoms with Crippen LogP contribution in [0.1, 0.15) is 65.7 Å². The number of piperidine rings is 1. The lowest BCUT2D eigenvalue weighted by Crippen LogP contribution is -2.56. The summed E-state index contributed by atoms with van der Waals surface area (Å²) in [4.78, 5) is 2.70. The number of unbranched alkanes of at least 4 members (excludes halogenated alkanes) is 1. The highest BCUT2D eigenvalue weighted by Gasteiger charge is 2.35. The molecule has 1 unspecified atom stereocenters. The predicted octanol–water partition coefficient (Wildman–Crippen LogP) is 3.41. The Morgan fingerprint density at radius 1 is 1.18 bits per heavy atom.